The van der Waals surface area contributed by atoms with Gasteiger partial charge in [0.25, 0.3) is 0 Å². The zero-order valence-corrected chi connectivity index (χ0v) is 28.6. The van der Waals surface area contributed by atoms with Crippen molar-refractivity contribution in [3.8, 4) is 55.6 Å². The predicted octanol–water partition coefficient (Wildman–Crippen LogP) is 14.6. The predicted molar refractivity (Wildman–Crippen MR) is 224 cm³/mol. The van der Waals surface area contributed by atoms with Gasteiger partial charge in [-0.2, -0.15) is 0 Å². The molecule has 0 aliphatic heterocycles. The van der Waals surface area contributed by atoms with Crippen LogP contribution in [0.15, 0.2) is 206 Å². The molecular formula is C52H34. The molecule has 0 spiro atoms. The number of benzene rings is 10. The molecule has 0 atom stereocenters. The smallest absolute Gasteiger partial charge is 0.00264 e. The molecule has 52 heavy (non-hydrogen) atoms. The van der Waals surface area contributed by atoms with E-state index in [0.29, 0.717) is 0 Å². The monoisotopic (exact) mass is 658 g/mol. The van der Waals surface area contributed by atoms with Gasteiger partial charge in [-0.3, -0.25) is 0 Å². The number of hydrogen-bond acceptors (Lipinski definition) is 0. The van der Waals surface area contributed by atoms with Crippen molar-refractivity contribution in [2.45, 2.75) is 0 Å². The second kappa shape index (κ2) is 12.5. The maximum atomic E-state index is 2.34. The quantitative estimate of drug-likeness (QED) is 0.128. The van der Waals surface area contributed by atoms with Crippen molar-refractivity contribution in [3.05, 3.63) is 206 Å². The minimum absolute atomic E-state index is 1.21. The Kier molecular flexibility index (Phi) is 7.25. The largest absolute Gasteiger partial charge is 0.0622 e. The van der Waals surface area contributed by atoms with Gasteiger partial charge in [-0.15, -0.1) is 0 Å². The summed E-state index contributed by atoms with van der Waals surface area (Å²) in [6.07, 6.45) is 0. The van der Waals surface area contributed by atoms with Crippen LogP contribution in [0.1, 0.15) is 0 Å². The Balaban J connectivity index is 1.08. The van der Waals surface area contributed by atoms with Crippen molar-refractivity contribution in [2.75, 3.05) is 0 Å². The van der Waals surface area contributed by atoms with E-state index >= 15 is 0 Å². The Labute approximate surface area is 303 Å². The van der Waals surface area contributed by atoms with Gasteiger partial charge in [-0.1, -0.05) is 194 Å². The first kappa shape index (κ1) is 30.1. The van der Waals surface area contributed by atoms with Gasteiger partial charge in [-0.05, 0) is 111 Å². The van der Waals surface area contributed by atoms with E-state index in [0.717, 1.165) is 0 Å². The Morgan fingerprint density at radius 1 is 0.192 bits per heavy atom. The minimum Gasteiger partial charge on any atom is -0.0622 e. The molecule has 0 bridgehead atoms. The van der Waals surface area contributed by atoms with Crippen LogP contribution in [0.3, 0.4) is 0 Å². The molecule has 0 saturated carbocycles. The molecule has 0 heteroatoms. The minimum atomic E-state index is 1.21. The van der Waals surface area contributed by atoms with E-state index in [2.05, 4.69) is 206 Å². The Hall–Kier alpha value is -6.76. The second-order valence-electron chi connectivity index (χ2n) is 13.6. The van der Waals surface area contributed by atoms with Crippen LogP contribution in [0.25, 0.3) is 98.7 Å². The van der Waals surface area contributed by atoms with Gasteiger partial charge in [0.1, 0.15) is 0 Å². The summed E-state index contributed by atoms with van der Waals surface area (Å²) in [5.41, 5.74) is 12.4. The van der Waals surface area contributed by atoms with Crippen molar-refractivity contribution in [3.63, 3.8) is 0 Å². The lowest BCUT2D eigenvalue weighted by atomic mass is 9.85. The molecule has 10 aromatic rings. The zero-order valence-electron chi connectivity index (χ0n) is 28.6. The first-order valence-corrected chi connectivity index (χ1v) is 18.0. The first-order chi connectivity index (χ1) is 25.8. The molecule has 0 nitrogen and oxygen atoms in total. The zero-order chi connectivity index (χ0) is 34.4. The van der Waals surface area contributed by atoms with E-state index in [9.17, 15) is 0 Å². The Morgan fingerprint density at radius 2 is 0.577 bits per heavy atom. The van der Waals surface area contributed by atoms with Crippen LogP contribution in [-0.2, 0) is 0 Å². The molecule has 0 saturated heterocycles. The SMILES string of the molecule is c1ccc(-c2cccc(-c3ccc(-c4c5ccccc5c(-c5ccc(-c6cc7ccccc7c7ccccc67)cc5)c5ccccc45)cc3)c2)cc1. The Bertz CT molecular complexity index is 2860. The molecule has 0 aromatic heterocycles. The highest BCUT2D eigenvalue weighted by Gasteiger charge is 2.17. The molecular weight excluding hydrogens is 625 g/mol. The van der Waals surface area contributed by atoms with Gasteiger partial charge < -0.3 is 0 Å². The topological polar surface area (TPSA) is 0 Å². The van der Waals surface area contributed by atoms with E-state index in [1.165, 1.54) is 98.7 Å². The van der Waals surface area contributed by atoms with Crippen molar-refractivity contribution in [1.82, 2.24) is 0 Å². The fraction of sp³-hybridized carbons (Fsp3) is 0. The normalized spacial score (nSPS) is 11.5. The van der Waals surface area contributed by atoms with Gasteiger partial charge in [0.15, 0.2) is 0 Å². The molecule has 0 heterocycles. The highest BCUT2D eigenvalue weighted by Crippen LogP contribution is 2.44. The molecule has 0 amide bonds. The van der Waals surface area contributed by atoms with Crippen LogP contribution in [-0.4, -0.2) is 0 Å². The number of fused-ring (bicyclic) bond motifs is 5. The van der Waals surface area contributed by atoms with Gasteiger partial charge >= 0.3 is 0 Å². The summed E-state index contributed by atoms with van der Waals surface area (Å²) in [7, 11) is 0. The van der Waals surface area contributed by atoms with E-state index < -0.39 is 0 Å². The number of hydrogen-bond donors (Lipinski definition) is 0. The molecule has 0 unspecified atom stereocenters. The summed E-state index contributed by atoms with van der Waals surface area (Å²) < 4.78 is 0. The summed E-state index contributed by atoms with van der Waals surface area (Å²) in [6, 6.07) is 75.4. The molecule has 0 N–H and O–H groups in total. The lowest BCUT2D eigenvalue weighted by Crippen LogP contribution is -1.91. The van der Waals surface area contributed by atoms with Crippen LogP contribution in [0.5, 0.6) is 0 Å². The van der Waals surface area contributed by atoms with Gasteiger partial charge in [-0.25, -0.2) is 0 Å². The molecule has 0 radical (unpaired) electrons. The maximum Gasteiger partial charge on any atom is -0.00264 e. The highest BCUT2D eigenvalue weighted by molar-refractivity contribution is 6.21. The average molecular weight is 659 g/mol. The highest BCUT2D eigenvalue weighted by atomic mass is 14.2. The first-order valence-electron chi connectivity index (χ1n) is 18.0. The molecule has 0 aliphatic rings. The van der Waals surface area contributed by atoms with Crippen molar-refractivity contribution in [1.29, 1.82) is 0 Å². The average Bonchev–Trinajstić information content (AvgIpc) is 3.23. The van der Waals surface area contributed by atoms with Gasteiger partial charge in [0, 0.05) is 0 Å². The summed E-state index contributed by atoms with van der Waals surface area (Å²) in [6.45, 7) is 0. The summed E-state index contributed by atoms with van der Waals surface area (Å²) in [5, 5.41) is 10.2. The third kappa shape index (κ3) is 5.08. The van der Waals surface area contributed by atoms with Crippen LogP contribution in [0, 0.1) is 0 Å². The summed E-state index contributed by atoms with van der Waals surface area (Å²) >= 11 is 0. The fourth-order valence-corrected chi connectivity index (χ4v) is 8.20. The third-order valence-corrected chi connectivity index (χ3v) is 10.7. The van der Waals surface area contributed by atoms with Crippen molar-refractivity contribution in [2.24, 2.45) is 0 Å². The molecule has 10 aromatic carbocycles. The van der Waals surface area contributed by atoms with Crippen molar-refractivity contribution >= 4 is 43.1 Å². The number of rotatable bonds is 5. The van der Waals surface area contributed by atoms with E-state index in [1.54, 1.807) is 0 Å². The molecule has 242 valence electrons. The maximum absolute atomic E-state index is 2.34. The summed E-state index contributed by atoms with van der Waals surface area (Å²) in [5.74, 6) is 0. The van der Waals surface area contributed by atoms with Gasteiger partial charge in [0.05, 0.1) is 0 Å². The standard InChI is InChI=1S/C52H34/c1-2-13-35(14-3-1)40-16-12-17-41(33-40)36-25-29-38(30-26-36)51-46-21-8-10-23-48(46)52(49-24-11-9-22-47(49)51)39-31-27-37(28-32-39)50-34-42-15-4-5-18-43(42)44-19-6-7-20-45(44)50/h1-34H. The third-order valence-electron chi connectivity index (χ3n) is 10.7. The lowest BCUT2D eigenvalue weighted by Gasteiger charge is -2.18. The lowest BCUT2D eigenvalue weighted by molar-refractivity contribution is 1.58. The van der Waals surface area contributed by atoms with Gasteiger partial charge in [0.2, 0.25) is 0 Å². The fourth-order valence-electron chi connectivity index (χ4n) is 8.20. The van der Waals surface area contributed by atoms with Crippen LogP contribution in [0.2, 0.25) is 0 Å². The van der Waals surface area contributed by atoms with Crippen LogP contribution >= 0.6 is 0 Å². The van der Waals surface area contributed by atoms with E-state index in [1.807, 2.05) is 0 Å². The van der Waals surface area contributed by atoms with E-state index in [-0.39, 0.29) is 0 Å². The van der Waals surface area contributed by atoms with Crippen LogP contribution in [0.4, 0.5) is 0 Å². The summed E-state index contributed by atoms with van der Waals surface area (Å²) in [4.78, 5) is 0. The van der Waals surface area contributed by atoms with Crippen molar-refractivity contribution < 1.29 is 0 Å². The molecule has 10 rings (SSSR count). The Morgan fingerprint density at radius 3 is 1.13 bits per heavy atom. The van der Waals surface area contributed by atoms with E-state index in [4.69, 9.17) is 0 Å². The second-order valence-corrected chi connectivity index (χ2v) is 13.6. The van der Waals surface area contributed by atoms with Crippen LogP contribution < -0.4 is 0 Å². The molecule has 0 aliphatic carbocycles. The molecule has 0 fully saturated rings.